The summed E-state index contributed by atoms with van der Waals surface area (Å²) in [5, 5.41) is 0. The third-order valence-corrected chi connectivity index (χ3v) is 2.38. The van der Waals surface area contributed by atoms with Crippen molar-refractivity contribution in [2.24, 2.45) is 0 Å². The van der Waals surface area contributed by atoms with Gasteiger partial charge in [0, 0.05) is 12.7 Å². The van der Waals surface area contributed by atoms with Gasteiger partial charge < -0.3 is 4.98 Å². The molecule has 72 valence electrons. The summed E-state index contributed by atoms with van der Waals surface area (Å²) in [6.07, 6.45) is 1.60. The van der Waals surface area contributed by atoms with E-state index in [-0.39, 0.29) is 5.56 Å². The van der Waals surface area contributed by atoms with Crippen LogP contribution in [0.15, 0.2) is 23.1 Å². The van der Waals surface area contributed by atoms with Gasteiger partial charge in [0.25, 0.3) is 5.56 Å². The maximum atomic E-state index is 11.8. The van der Waals surface area contributed by atoms with Crippen molar-refractivity contribution in [2.45, 2.75) is 13.5 Å². The Morgan fingerprint density at radius 3 is 3.14 bits per heavy atom. The quantitative estimate of drug-likeness (QED) is 0.720. The zero-order valence-electron chi connectivity index (χ0n) is 7.65. The van der Waals surface area contributed by atoms with Crippen LogP contribution in [0, 0.1) is 4.77 Å². The summed E-state index contributed by atoms with van der Waals surface area (Å²) in [5.41, 5.74) is 0.988. The summed E-state index contributed by atoms with van der Waals surface area (Å²) in [7, 11) is 0. The van der Waals surface area contributed by atoms with E-state index in [2.05, 4.69) is 9.97 Å². The van der Waals surface area contributed by atoms with Crippen LogP contribution in [0.2, 0.25) is 0 Å². The van der Waals surface area contributed by atoms with Crippen molar-refractivity contribution in [3.05, 3.63) is 33.5 Å². The SMILES string of the molecule is CCn1c(=S)[nH]c2cccnc2c1=O. The van der Waals surface area contributed by atoms with Crippen LogP contribution in [0.4, 0.5) is 0 Å². The maximum absolute atomic E-state index is 11.8. The molecule has 14 heavy (non-hydrogen) atoms. The fourth-order valence-corrected chi connectivity index (χ4v) is 1.69. The lowest BCUT2D eigenvalue weighted by atomic mass is 10.3. The van der Waals surface area contributed by atoms with Crippen LogP contribution in [-0.4, -0.2) is 14.5 Å². The predicted octanol–water partition coefficient (Wildman–Crippen LogP) is 1.47. The number of pyridine rings is 1. The third-order valence-electron chi connectivity index (χ3n) is 2.06. The van der Waals surface area contributed by atoms with Crippen LogP contribution in [-0.2, 0) is 6.54 Å². The molecule has 0 spiro atoms. The molecule has 2 rings (SSSR count). The molecule has 2 aromatic heterocycles. The fourth-order valence-electron chi connectivity index (χ4n) is 1.37. The van der Waals surface area contributed by atoms with E-state index in [0.29, 0.717) is 22.3 Å². The number of rotatable bonds is 1. The highest BCUT2D eigenvalue weighted by Gasteiger charge is 2.03. The van der Waals surface area contributed by atoms with Gasteiger partial charge in [-0.25, -0.2) is 4.98 Å². The molecule has 5 heteroatoms. The van der Waals surface area contributed by atoms with E-state index >= 15 is 0 Å². The number of fused-ring (bicyclic) bond motifs is 1. The zero-order valence-corrected chi connectivity index (χ0v) is 8.47. The number of nitrogens with zero attached hydrogens (tertiary/aromatic N) is 2. The highest BCUT2D eigenvalue weighted by atomic mass is 32.1. The summed E-state index contributed by atoms with van der Waals surface area (Å²) in [6, 6.07) is 3.56. The van der Waals surface area contributed by atoms with Crippen LogP contribution >= 0.6 is 12.2 Å². The molecule has 0 bridgehead atoms. The number of nitrogens with one attached hydrogen (secondary N) is 1. The van der Waals surface area contributed by atoms with Gasteiger partial charge in [0.1, 0.15) is 0 Å². The van der Waals surface area contributed by atoms with Crippen molar-refractivity contribution < 1.29 is 0 Å². The Morgan fingerprint density at radius 2 is 2.43 bits per heavy atom. The van der Waals surface area contributed by atoms with Gasteiger partial charge in [-0.3, -0.25) is 9.36 Å². The predicted molar refractivity (Wildman–Crippen MR) is 56.9 cm³/mol. The average molecular weight is 207 g/mol. The van der Waals surface area contributed by atoms with Crippen molar-refractivity contribution in [2.75, 3.05) is 0 Å². The fraction of sp³-hybridized carbons (Fsp3) is 0.222. The smallest absolute Gasteiger partial charge is 0.280 e. The van der Waals surface area contributed by atoms with Crippen molar-refractivity contribution >= 4 is 23.3 Å². The van der Waals surface area contributed by atoms with E-state index in [1.807, 2.05) is 6.92 Å². The van der Waals surface area contributed by atoms with Crippen LogP contribution < -0.4 is 5.56 Å². The third kappa shape index (κ3) is 1.26. The monoisotopic (exact) mass is 207 g/mol. The highest BCUT2D eigenvalue weighted by Crippen LogP contribution is 2.01. The molecule has 2 heterocycles. The average Bonchev–Trinajstić information content (AvgIpc) is 2.18. The largest absolute Gasteiger partial charge is 0.330 e. The number of hydrogen-bond donors (Lipinski definition) is 1. The first kappa shape index (κ1) is 9.08. The van der Waals surface area contributed by atoms with E-state index in [4.69, 9.17) is 12.2 Å². The molecule has 4 nitrogen and oxygen atoms in total. The van der Waals surface area contributed by atoms with Gasteiger partial charge in [-0.2, -0.15) is 0 Å². The molecule has 0 aromatic carbocycles. The molecule has 0 atom stereocenters. The number of aromatic amines is 1. The van der Waals surface area contributed by atoms with E-state index in [1.165, 1.54) is 4.57 Å². The van der Waals surface area contributed by atoms with Crippen molar-refractivity contribution in [1.29, 1.82) is 0 Å². The molecule has 0 aliphatic carbocycles. The zero-order chi connectivity index (χ0) is 10.1. The van der Waals surface area contributed by atoms with Gasteiger partial charge in [0.2, 0.25) is 0 Å². The Hall–Kier alpha value is -1.49. The molecule has 2 aromatic rings. The standard InChI is InChI=1S/C9H9N3OS/c1-2-12-8(13)7-6(11-9(12)14)4-3-5-10-7/h3-5H,2H2,1H3,(H,11,14). The molecule has 0 radical (unpaired) electrons. The van der Waals surface area contributed by atoms with Gasteiger partial charge in [0.15, 0.2) is 10.3 Å². The molecule has 0 aliphatic heterocycles. The Bertz CT molecular complexity index is 584. The molecule has 0 aliphatic rings. The lowest BCUT2D eigenvalue weighted by Crippen LogP contribution is -2.21. The maximum Gasteiger partial charge on any atom is 0.280 e. The van der Waals surface area contributed by atoms with Crippen molar-refractivity contribution in [3.8, 4) is 0 Å². The minimum atomic E-state index is -0.133. The van der Waals surface area contributed by atoms with Gasteiger partial charge in [0.05, 0.1) is 5.52 Å². The topological polar surface area (TPSA) is 50.7 Å². The molecular formula is C9H9N3OS. The summed E-state index contributed by atoms with van der Waals surface area (Å²) in [6.45, 7) is 2.43. The van der Waals surface area contributed by atoms with E-state index in [9.17, 15) is 4.79 Å². The van der Waals surface area contributed by atoms with Crippen LogP contribution in [0.1, 0.15) is 6.92 Å². The van der Waals surface area contributed by atoms with E-state index < -0.39 is 0 Å². The summed E-state index contributed by atoms with van der Waals surface area (Å²) in [4.78, 5) is 18.8. The normalized spacial score (nSPS) is 10.6. The van der Waals surface area contributed by atoms with Crippen LogP contribution in [0.3, 0.4) is 0 Å². The Labute approximate surface area is 85.2 Å². The molecule has 0 saturated carbocycles. The van der Waals surface area contributed by atoms with Gasteiger partial charge in [-0.05, 0) is 31.3 Å². The van der Waals surface area contributed by atoms with Gasteiger partial charge in [-0.15, -0.1) is 0 Å². The lowest BCUT2D eigenvalue weighted by Gasteiger charge is -2.03. The molecule has 0 unspecified atom stereocenters. The Kier molecular flexibility index (Phi) is 2.17. The Morgan fingerprint density at radius 1 is 1.64 bits per heavy atom. The summed E-state index contributed by atoms with van der Waals surface area (Å²) in [5.74, 6) is 0. The molecule has 0 amide bonds. The number of aromatic nitrogens is 3. The second-order valence-electron chi connectivity index (χ2n) is 2.88. The van der Waals surface area contributed by atoms with Gasteiger partial charge >= 0.3 is 0 Å². The molecular weight excluding hydrogens is 198 g/mol. The molecule has 1 N–H and O–H groups in total. The highest BCUT2D eigenvalue weighted by molar-refractivity contribution is 7.71. The lowest BCUT2D eigenvalue weighted by molar-refractivity contribution is 0.702. The second-order valence-corrected chi connectivity index (χ2v) is 3.27. The van der Waals surface area contributed by atoms with Crippen molar-refractivity contribution in [1.82, 2.24) is 14.5 Å². The Balaban J connectivity index is 3.01. The number of hydrogen-bond acceptors (Lipinski definition) is 3. The van der Waals surface area contributed by atoms with Gasteiger partial charge in [-0.1, -0.05) is 0 Å². The summed E-state index contributed by atoms with van der Waals surface area (Å²) >= 11 is 5.05. The van der Waals surface area contributed by atoms with E-state index in [0.717, 1.165) is 0 Å². The molecule has 0 fully saturated rings. The van der Waals surface area contributed by atoms with Crippen LogP contribution in [0.25, 0.3) is 11.0 Å². The first-order chi connectivity index (χ1) is 6.74. The number of H-pyrrole nitrogens is 1. The second kappa shape index (κ2) is 3.34. The minimum Gasteiger partial charge on any atom is -0.330 e. The van der Waals surface area contributed by atoms with E-state index in [1.54, 1.807) is 18.3 Å². The van der Waals surface area contributed by atoms with Crippen LogP contribution in [0.5, 0.6) is 0 Å². The molecule has 0 saturated heterocycles. The summed E-state index contributed by atoms with van der Waals surface area (Å²) < 4.78 is 1.93. The van der Waals surface area contributed by atoms with Crippen molar-refractivity contribution in [3.63, 3.8) is 0 Å². The minimum absolute atomic E-state index is 0.133. The first-order valence-electron chi connectivity index (χ1n) is 4.32. The first-order valence-corrected chi connectivity index (χ1v) is 4.72.